The summed E-state index contributed by atoms with van der Waals surface area (Å²) < 4.78 is 5.38. The number of rotatable bonds is 8. The summed E-state index contributed by atoms with van der Waals surface area (Å²) in [5.74, 6) is -0.155. The number of ether oxygens (including phenoxy) is 1. The maximum Gasteiger partial charge on any atom is 0.309 e. The number of unbranched alkanes of at least 4 members (excludes halogenated alkanes) is 1. The van der Waals surface area contributed by atoms with Crippen molar-refractivity contribution in [1.29, 1.82) is 0 Å². The molecule has 0 aromatic rings. The minimum absolute atomic E-state index is 0.255. The van der Waals surface area contributed by atoms with Crippen molar-refractivity contribution in [2.24, 2.45) is 11.3 Å². The van der Waals surface area contributed by atoms with Crippen molar-refractivity contribution in [1.82, 2.24) is 0 Å². The van der Waals surface area contributed by atoms with Gasteiger partial charge in [-0.05, 0) is 44.4 Å². The SMILES string of the molecule is CCCCOCC(O)CC1(C(=O)O)CCC(C)CC1. The second-order valence-corrected chi connectivity index (χ2v) is 6.05. The van der Waals surface area contributed by atoms with Crippen LogP contribution in [-0.4, -0.2) is 35.5 Å². The van der Waals surface area contributed by atoms with Crippen LogP contribution in [-0.2, 0) is 9.53 Å². The van der Waals surface area contributed by atoms with E-state index in [4.69, 9.17) is 4.74 Å². The molecule has 0 aliphatic heterocycles. The molecule has 1 aliphatic carbocycles. The van der Waals surface area contributed by atoms with E-state index in [1.54, 1.807) is 0 Å². The smallest absolute Gasteiger partial charge is 0.309 e. The predicted octanol–water partition coefficient (Wildman–Crippen LogP) is 2.84. The van der Waals surface area contributed by atoms with Gasteiger partial charge in [0.05, 0.1) is 18.1 Å². The second kappa shape index (κ2) is 7.85. The standard InChI is InChI=1S/C15H28O4/c1-3-4-9-19-11-13(16)10-15(14(17)18)7-5-12(2)6-8-15/h12-13,16H,3-11H2,1-2H3,(H,17,18). The van der Waals surface area contributed by atoms with Crippen molar-refractivity contribution in [2.75, 3.05) is 13.2 Å². The average molecular weight is 272 g/mol. The molecule has 0 aromatic heterocycles. The van der Waals surface area contributed by atoms with Gasteiger partial charge in [0.25, 0.3) is 0 Å². The number of carbonyl (C=O) groups is 1. The highest BCUT2D eigenvalue weighted by molar-refractivity contribution is 5.74. The van der Waals surface area contributed by atoms with Gasteiger partial charge in [-0.25, -0.2) is 0 Å². The van der Waals surface area contributed by atoms with Gasteiger partial charge in [-0.2, -0.15) is 0 Å². The Kier molecular flexibility index (Phi) is 6.80. The first kappa shape index (κ1) is 16.4. The minimum Gasteiger partial charge on any atom is -0.481 e. The molecule has 0 spiro atoms. The molecule has 1 saturated carbocycles. The molecule has 0 bridgehead atoms. The van der Waals surface area contributed by atoms with Crippen LogP contribution in [0.15, 0.2) is 0 Å². The Bertz CT molecular complexity index is 269. The zero-order chi connectivity index (χ0) is 14.3. The Morgan fingerprint density at radius 1 is 1.42 bits per heavy atom. The third-order valence-electron chi connectivity index (χ3n) is 4.26. The van der Waals surface area contributed by atoms with Gasteiger partial charge in [0.15, 0.2) is 0 Å². The fourth-order valence-corrected chi connectivity index (χ4v) is 2.80. The predicted molar refractivity (Wildman–Crippen MR) is 74.1 cm³/mol. The summed E-state index contributed by atoms with van der Waals surface area (Å²) in [6.07, 6.45) is 4.93. The minimum atomic E-state index is -0.757. The van der Waals surface area contributed by atoms with E-state index in [9.17, 15) is 15.0 Å². The molecule has 1 atom stereocenters. The van der Waals surface area contributed by atoms with Crippen LogP contribution in [0.2, 0.25) is 0 Å². The van der Waals surface area contributed by atoms with Gasteiger partial charge in [0.2, 0.25) is 0 Å². The van der Waals surface area contributed by atoms with Crippen molar-refractivity contribution < 1.29 is 19.7 Å². The van der Waals surface area contributed by atoms with E-state index in [0.29, 0.717) is 31.8 Å². The van der Waals surface area contributed by atoms with Gasteiger partial charge < -0.3 is 14.9 Å². The van der Waals surface area contributed by atoms with Crippen LogP contribution >= 0.6 is 0 Å². The van der Waals surface area contributed by atoms with E-state index >= 15 is 0 Å². The summed E-state index contributed by atoms with van der Waals surface area (Å²) in [6.45, 7) is 5.15. The first-order valence-corrected chi connectivity index (χ1v) is 7.49. The molecule has 1 rings (SSSR count). The highest BCUT2D eigenvalue weighted by Gasteiger charge is 2.42. The Labute approximate surface area is 116 Å². The van der Waals surface area contributed by atoms with E-state index < -0.39 is 17.5 Å². The number of carboxylic acid groups (broad SMARTS) is 1. The summed E-state index contributed by atoms with van der Waals surface area (Å²) in [5.41, 5.74) is -0.736. The first-order chi connectivity index (χ1) is 9.00. The summed E-state index contributed by atoms with van der Waals surface area (Å²) >= 11 is 0. The maximum absolute atomic E-state index is 11.5. The van der Waals surface area contributed by atoms with E-state index in [-0.39, 0.29) is 6.61 Å². The number of aliphatic hydroxyl groups is 1. The lowest BCUT2D eigenvalue weighted by molar-refractivity contribution is -0.154. The molecule has 2 N–H and O–H groups in total. The highest BCUT2D eigenvalue weighted by Crippen LogP contribution is 2.42. The van der Waals surface area contributed by atoms with Gasteiger partial charge in [-0.1, -0.05) is 20.3 Å². The Morgan fingerprint density at radius 3 is 2.58 bits per heavy atom. The van der Waals surface area contributed by atoms with E-state index in [1.165, 1.54) is 0 Å². The third kappa shape index (κ3) is 5.11. The van der Waals surface area contributed by atoms with Crippen molar-refractivity contribution in [3.05, 3.63) is 0 Å². The molecule has 0 amide bonds. The van der Waals surface area contributed by atoms with Crippen molar-refractivity contribution in [3.8, 4) is 0 Å². The Balaban J connectivity index is 2.43. The molecule has 4 heteroatoms. The van der Waals surface area contributed by atoms with E-state index in [2.05, 4.69) is 13.8 Å². The number of hydrogen-bond acceptors (Lipinski definition) is 3. The highest BCUT2D eigenvalue weighted by atomic mass is 16.5. The van der Waals surface area contributed by atoms with Crippen LogP contribution in [0.5, 0.6) is 0 Å². The topological polar surface area (TPSA) is 66.8 Å². The molecule has 0 radical (unpaired) electrons. The summed E-state index contributed by atoms with van der Waals surface area (Å²) in [7, 11) is 0. The molecule has 19 heavy (non-hydrogen) atoms. The molecule has 1 unspecified atom stereocenters. The number of aliphatic hydroxyl groups excluding tert-OH is 1. The van der Waals surface area contributed by atoms with Crippen molar-refractivity contribution in [3.63, 3.8) is 0 Å². The zero-order valence-corrected chi connectivity index (χ0v) is 12.2. The lowest BCUT2D eigenvalue weighted by atomic mass is 9.68. The lowest BCUT2D eigenvalue weighted by Gasteiger charge is -2.37. The fourth-order valence-electron chi connectivity index (χ4n) is 2.80. The molecule has 4 nitrogen and oxygen atoms in total. The quantitative estimate of drug-likeness (QED) is 0.667. The van der Waals surface area contributed by atoms with Crippen LogP contribution in [0.25, 0.3) is 0 Å². The lowest BCUT2D eigenvalue weighted by Crippen LogP contribution is -2.39. The molecule has 1 fully saturated rings. The second-order valence-electron chi connectivity index (χ2n) is 6.05. The summed E-state index contributed by atoms with van der Waals surface area (Å²) in [6, 6.07) is 0. The molecule has 112 valence electrons. The molecular weight excluding hydrogens is 244 g/mol. The van der Waals surface area contributed by atoms with Gasteiger partial charge in [-0.3, -0.25) is 4.79 Å². The van der Waals surface area contributed by atoms with Crippen LogP contribution in [0.4, 0.5) is 0 Å². The van der Waals surface area contributed by atoms with Gasteiger partial charge >= 0.3 is 5.97 Å². The van der Waals surface area contributed by atoms with Crippen LogP contribution in [0, 0.1) is 11.3 Å². The van der Waals surface area contributed by atoms with Gasteiger partial charge in [0.1, 0.15) is 0 Å². The number of carboxylic acids is 1. The Morgan fingerprint density at radius 2 is 2.05 bits per heavy atom. The van der Waals surface area contributed by atoms with Crippen molar-refractivity contribution in [2.45, 2.75) is 64.9 Å². The maximum atomic E-state index is 11.5. The summed E-state index contributed by atoms with van der Waals surface area (Å²) in [4.78, 5) is 11.5. The monoisotopic (exact) mass is 272 g/mol. The fraction of sp³-hybridized carbons (Fsp3) is 0.933. The van der Waals surface area contributed by atoms with Crippen LogP contribution in [0.3, 0.4) is 0 Å². The molecular formula is C15H28O4. The third-order valence-corrected chi connectivity index (χ3v) is 4.26. The van der Waals surface area contributed by atoms with Crippen LogP contribution in [0.1, 0.15) is 58.8 Å². The zero-order valence-electron chi connectivity index (χ0n) is 12.2. The van der Waals surface area contributed by atoms with Crippen LogP contribution < -0.4 is 0 Å². The Hall–Kier alpha value is -0.610. The van der Waals surface area contributed by atoms with Gasteiger partial charge in [0, 0.05) is 6.61 Å². The van der Waals surface area contributed by atoms with Gasteiger partial charge in [-0.15, -0.1) is 0 Å². The summed E-state index contributed by atoms with van der Waals surface area (Å²) in [5, 5.41) is 19.5. The van der Waals surface area contributed by atoms with E-state index in [1.807, 2.05) is 0 Å². The number of aliphatic carboxylic acids is 1. The molecule has 0 saturated heterocycles. The average Bonchev–Trinajstić information content (AvgIpc) is 2.37. The molecule has 0 heterocycles. The molecule has 1 aliphatic rings. The first-order valence-electron chi connectivity index (χ1n) is 7.49. The largest absolute Gasteiger partial charge is 0.481 e. The normalized spacial score (nSPS) is 29.1. The van der Waals surface area contributed by atoms with E-state index in [0.717, 1.165) is 25.7 Å². The van der Waals surface area contributed by atoms with Crippen molar-refractivity contribution >= 4 is 5.97 Å². The molecule has 0 aromatic carbocycles. The number of hydrogen-bond donors (Lipinski definition) is 2.